The Morgan fingerprint density at radius 1 is 1.48 bits per heavy atom. The van der Waals surface area contributed by atoms with Crippen LogP contribution in [-0.2, 0) is 6.42 Å². The van der Waals surface area contributed by atoms with Crippen LogP contribution in [0.1, 0.15) is 39.6 Å². The van der Waals surface area contributed by atoms with Gasteiger partial charge in [0.2, 0.25) is 0 Å². The van der Waals surface area contributed by atoms with Crippen LogP contribution in [0.2, 0.25) is 0 Å². The van der Waals surface area contributed by atoms with Crippen LogP contribution in [0, 0.1) is 11.3 Å². The van der Waals surface area contributed by atoms with Crippen molar-refractivity contribution in [2.45, 2.75) is 19.4 Å². The Morgan fingerprint density at radius 3 is 2.81 bits per heavy atom. The number of nitrogens with one attached hydrogen (secondary N) is 1. The highest BCUT2D eigenvalue weighted by atomic mass is 32.1. The lowest BCUT2D eigenvalue weighted by atomic mass is 10.1. The summed E-state index contributed by atoms with van der Waals surface area (Å²) in [5.41, 5.74) is 7.43. The van der Waals surface area contributed by atoms with Gasteiger partial charge in [-0.15, -0.1) is 11.3 Å². The number of carbonyl (C=O) groups is 1. The SMILES string of the molecule is CC(NC(=O)c1csc(CCN)n1)c1ccc(C#N)cc1. The molecule has 1 aromatic carbocycles. The second-order valence-corrected chi connectivity index (χ2v) is 5.54. The van der Waals surface area contributed by atoms with Gasteiger partial charge in [0.1, 0.15) is 5.69 Å². The van der Waals surface area contributed by atoms with E-state index < -0.39 is 0 Å². The first-order valence-electron chi connectivity index (χ1n) is 6.59. The standard InChI is InChI=1S/C15H16N4OS/c1-10(12-4-2-11(8-17)3-5-12)18-15(20)13-9-21-14(19-13)6-7-16/h2-5,9-10H,6-7,16H2,1H3,(H,18,20). The van der Waals surface area contributed by atoms with Gasteiger partial charge in [-0.1, -0.05) is 12.1 Å². The normalized spacial score (nSPS) is 11.7. The van der Waals surface area contributed by atoms with Gasteiger partial charge < -0.3 is 11.1 Å². The molecular formula is C15H16N4OS. The summed E-state index contributed by atoms with van der Waals surface area (Å²) in [6.07, 6.45) is 0.684. The minimum atomic E-state index is -0.202. The Balaban J connectivity index is 2.02. The number of benzene rings is 1. The van der Waals surface area contributed by atoms with Crippen molar-refractivity contribution in [2.75, 3.05) is 6.54 Å². The molecule has 6 heteroatoms. The third-order valence-corrected chi connectivity index (χ3v) is 3.94. The van der Waals surface area contributed by atoms with Crippen LogP contribution in [-0.4, -0.2) is 17.4 Å². The van der Waals surface area contributed by atoms with Gasteiger partial charge in [-0.3, -0.25) is 4.79 Å². The monoisotopic (exact) mass is 300 g/mol. The quantitative estimate of drug-likeness (QED) is 0.883. The van der Waals surface area contributed by atoms with Gasteiger partial charge in [0.05, 0.1) is 22.7 Å². The molecule has 2 rings (SSSR count). The van der Waals surface area contributed by atoms with Gasteiger partial charge in [0, 0.05) is 11.8 Å². The summed E-state index contributed by atoms with van der Waals surface area (Å²) in [5.74, 6) is -0.202. The molecule has 0 spiro atoms. The second-order valence-electron chi connectivity index (χ2n) is 4.59. The van der Waals surface area contributed by atoms with Crippen LogP contribution in [0.4, 0.5) is 0 Å². The summed E-state index contributed by atoms with van der Waals surface area (Å²) < 4.78 is 0. The molecule has 0 bridgehead atoms. The summed E-state index contributed by atoms with van der Waals surface area (Å²) >= 11 is 1.44. The molecule has 1 atom stereocenters. The minimum absolute atomic E-state index is 0.148. The smallest absolute Gasteiger partial charge is 0.271 e. The van der Waals surface area contributed by atoms with Gasteiger partial charge in [-0.05, 0) is 31.2 Å². The Kier molecular flexibility index (Phi) is 5.04. The average Bonchev–Trinajstić information content (AvgIpc) is 2.96. The van der Waals surface area contributed by atoms with Crippen molar-refractivity contribution >= 4 is 17.2 Å². The van der Waals surface area contributed by atoms with Crippen LogP contribution < -0.4 is 11.1 Å². The molecule has 5 nitrogen and oxygen atoms in total. The lowest BCUT2D eigenvalue weighted by Gasteiger charge is -2.13. The number of thiazole rings is 1. The maximum atomic E-state index is 12.1. The van der Waals surface area contributed by atoms with E-state index in [1.54, 1.807) is 17.5 Å². The van der Waals surface area contributed by atoms with E-state index in [1.165, 1.54) is 11.3 Å². The number of aromatic nitrogens is 1. The van der Waals surface area contributed by atoms with Gasteiger partial charge >= 0.3 is 0 Å². The van der Waals surface area contributed by atoms with E-state index in [0.717, 1.165) is 10.6 Å². The van der Waals surface area contributed by atoms with Crippen LogP contribution in [0.15, 0.2) is 29.6 Å². The molecule has 108 valence electrons. The van der Waals surface area contributed by atoms with E-state index in [1.807, 2.05) is 19.1 Å². The molecule has 0 saturated heterocycles. The van der Waals surface area contributed by atoms with Crippen molar-refractivity contribution in [2.24, 2.45) is 5.73 Å². The summed E-state index contributed by atoms with van der Waals surface area (Å²) in [6.45, 7) is 2.42. The Labute approximate surface area is 127 Å². The van der Waals surface area contributed by atoms with Crippen LogP contribution in [0.25, 0.3) is 0 Å². The van der Waals surface area contributed by atoms with Crippen molar-refractivity contribution in [1.82, 2.24) is 10.3 Å². The lowest BCUT2D eigenvalue weighted by Crippen LogP contribution is -2.27. The third-order valence-electron chi connectivity index (χ3n) is 3.03. The lowest BCUT2D eigenvalue weighted by molar-refractivity contribution is 0.0935. The number of hydrogen-bond donors (Lipinski definition) is 2. The first-order valence-corrected chi connectivity index (χ1v) is 7.47. The molecule has 3 N–H and O–H groups in total. The Hall–Kier alpha value is -2.23. The largest absolute Gasteiger partial charge is 0.344 e. The average molecular weight is 300 g/mol. The molecule has 1 amide bonds. The third kappa shape index (κ3) is 3.88. The van der Waals surface area contributed by atoms with Crippen molar-refractivity contribution < 1.29 is 4.79 Å². The minimum Gasteiger partial charge on any atom is -0.344 e. The predicted molar refractivity (Wildman–Crippen MR) is 81.9 cm³/mol. The summed E-state index contributed by atoms with van der Waals surface area (Å²) in [7, 11) is 0. The zero-order chi connectivity index (χ0) is 15.2. The van der Waals surface area contributed by atoms with Gasteiger partial charge in [0.25, 0.3) is 5.91 Å². The molecule has 0 aliphatic carbocycles. The molecule has 0 radical (unpaired) electrons. The van der Waals surface area contributed by atoms with E-state index >= 15 is 0 Å². The van der Waals surface area contributed by atoms with Gasteiger partial charge in [0.15, 0.2) is 0 Å². The number of nitriles is 1. The summed E-state index contributed by atoms with van der Waals surface area (Å²) in [5, 5.41) is 14.3. The molecule has 0 fully saturated rings. The van der Waals surface area contributed by atoms with E-state index in [4.69, 9.17) is 11.0 Å². The van der Waals surface area contributed by atoms with E-state index in [0.29, 0.717) is 24.2 Å². The topological polar surface area (TPSA) is 91.8 Å². The van der Waals surface area contributed by atoms with Crippen LogP contribution in [0.3, 0.4) is 0 Å². The Bertz CT molecular complexity index is 657. The fraction of sp³-hybridized carbons (Fsp3) is 0.267. The molecule has 21 heavy (non-hydrogen) atoms. The van der Waals surface area contributed by atoms with Crippen molar-refractivity contribution in [3.05, 3.63) is 51.5 Å². The van der Waals surface area contributed by atoms with Gasteiger partial charge in [-0.25, -0.2) is 4.98 Å². The molecule has 0 saturated carbocycles. The van der Waals surface area contributed by atoms with Crippen molar-refractivity contribution in [3.63, 3.8) is 0 Å². The van der Waals surface area contributed by atoms with E-state index in [2.05, 4.69) is 16.4 Å². The van der Waals surface area contributed by atoms with Crippen LogP contribution >= 0.6 is 11.3 Å². The number of hydrogen-bond acceptors (Lipinski definition) is 5. The summed E-state index contributed by atoms with van der Waals surface area (Å²) in [6, 6.07) is 9.07. The Morgan fingerprint density at radius 2 is 2.19 bits per heavy atom. The molecule has 1 unspecified atom stereocenters. The molecule has 2 aromatic rings. The van der Waals surface area contributed by atoms with E-state index in [9.17, 15) is 4.79 Å². The number of nitrogens with zero attached hydrogens (tertiary/aromatic N) is 2. The molecule has 1 heterocycles. The number of carbonyl (C=O) groups excluding carboxylic acids is 1. The predicted octanol–water partition coefficient (Wildman–Crippen LogP) is 2.01. The summed E-state index contributed by atoms with van der Waals surface area (Å²) in [4.78, 5) is 16.4. The van der Waals surface area contributed by atoms with E-state index in [-0.39, 0.29) is 11.9 Å². The zero-order valence-electron chi connectivity index (χ0n) is 11.7. The number of amides is 1. The highest BCUT2D eigenvalue weighted by Crippen LogP contribution is 2.15. The maximum Gasteiger partial charge on any atom is 0.271 e. The molecule has 1 aromatic heterocycles. The number of nitrogens with two attached hydrogens (primary N) is 1. The van der Waals surface area contributed by atoms with Crippen molar-refractivity contribution in [1.29, 1.82) is 5.26 Å². The highest BCUT2D eigenvalue weighted by molar-refractivity contribution is 7.09. The van der Waals surface area contributed by atoms with Crippen LogP contribution in [0.5, 0.6) is 0 Å². The zero-order valence-corrected chi connectivity index (χ0v) is 12.5. The molecule has 0 aliphatic rings. The molecule has 0 aliphatic heterocycles. The first-order chi connectivity index (χ1) is 10.1. The fourth-order valence-corrected chi connectivity index (χ4v) is 2.65. The highest BCUT2D eigenvalue weighted by Gasteiger charge is 2.14. The number of rotatable bonds is 5. The maximum absolute atomic E-state index is 12.1. The second kappa shape index (κ2) is 6.97. The fourth-order valence-electron chi connectivity index (χ4n) is 1.85. The molecular weight excluding hydrogens is 284 g/mol. The first kappa shape index (κ1) is 15.2. The van der Waals surface area contributed by atoms with Gasteiger partial charge in [-0.2, -0.15) is 5.26 Å². The van der Waals surface area contributed by atoms with Crippen molar-refractivity contribution in [3.8, 4) is 6.07 Å².